The van der Waals surface area contributed by atoms with E-state index in [0.717, 1.165) is 12.3 Å². The molecule has 0 aromatic rings. The Kier molecular flexibility index (Phi) is 4.04. The number of aliphatic hydroxyl groups excluding tert-OH is 1. The summed E-state index contributed by atoms with van der Waals surface area (Å²) in [5.41, 5.74) is 0. The second kappa shape index (κ2) is 5.31. The van der Waals surface area contributed by atoms with E-state index in [0.29, 0.717) is 6.04 Å². The van der Waals surface area contributed by atoms with Gasteiger partial charge in [0.1, 0.15) is 0 Å². The van der Waals surface area contributed by atoms with Crippen molar-refractivity contribution in [3.63, 3.8) is 0 Å². The summed E-state index contributed by atoms with van der Waals surface area (Å²) in [5, 5.41) is 9.85. The van der Waals surface area contributed by atoms with Crippen molar-refractivity contribution in [1.82, 2.24) is 4.90 Å². The lowest BCUT2D eigenvalue weighted by molar-refractivity contribution is 0.0729. The van der Waals surface area contributed by atoms with E-state index in [1.165, 1.54) is 51.5 Å². The van der Waals surface area contributed by atoms with Gasteiger partial charge < -0.3 is 10.0 Å². The zero-order chi connectivity index (χ0) is 10.7. The van der Waals surface area contributed by atoms with E-state index in [9.17, 15) is 5.11 Å². The topological polar surface area (TPSA) is 23.5 Å². The minimum Gasteiger partial charge on any atom is -0.391 e. The maximum atomic E-state index is 9.85. The molecule has 2 heteroatoms. The first-order valence-corrected chi connectivity index (χ1v) is 6.65. The zero-order valence-corrected chi connectivity index (χ0v) is 9.99. The maximum Gasteiger partial charge on any atom is 0.0695 e. The Bertz CT molecular complexity index is 189. The van der Waals surface area contributed by atoms with E-state index in [1.54, 1.807) is 0 Å². The first-order chi connectivity index (χ1) is 7.27. The van der Waals surface area contributed by atoms with Gasteiger partial charge in [-0.25, -0.2) is 0 Å². The molecule has 0 bridgehead atoms. The van der Waals surface area contributed by atoms with Gasteiger partial charge in [0.2, 0.25) is 0 Å². The van der Waals surface area contributed by atoms with Crippen molar-refractivity contribution in [1.29, 1.82) is 0 Å². The van der Waals surface area contributed by atoms with E-state index in [4.69, 9.17) is 0 Å². The Labute approximate surface area is 93.7 Å². The van der Waals surface area contributed by atoms with Gasteiger partial charge in [0, 0.05) is 12.6 Å². The van der Waals surface area contributed by atoms with Crippen LogP contribution in [0, 0.1) is 5.92 Å². The summed E-state index contributed by atoms with van der Waals surface area (Å²) in [6, 6.07) is 0.451. The molecule has 0 aromatic heterocycles. The molecule has 0 amide bonds. The van der Waals surface area contributed by atoms with E-state index in [-0.39, 0.29) is 6.10 Å². The van der Waals surface area contributed by atoms with Crippen molar-refractivity contribution in [2.75, 3.05) is 13.6 Å². The van der Waals surface area contributed by atoms with Crippen molar-refractivity contribution in [3.05, 3.63) is 0 Å². The third-order valence-electron chi connectivity index (χ3n) is 4.28. The largest absolute Gasteiger partial charge is 0.391 e. The molecule has 2 rings (SSSR count). The molecule has 1 N–H and O–H groups in total. The van der Waals surface area contributed by atoms with Crippen molar-refractivity contribution in [2.24, 2.45) is 5.92 Å². The summed E-state index contributed by atoms with van der Waals surface area (Å²) < 4.78 is 0. The predicted molar refractivity (Wildman–Crippen MR) is 62.9 cm³/mol. The molecule has 0 heterocycles. The molecular formula is C13H25NO. The summed E-state index contributed by atoms with van der Waals surface area (Å²) >= 11 is 0. The van der Waals surface area contributed by atoms with Crippen LogP contribution in [0.4, 0.5) is 0 Å². The van der Waals surface area contributed by atoms with Crippen LogP contribution in [0.15, 0.2) is 0 Å². The van der Waals surface area contributed by atoms with Crippen LogP contribution in [-0.4, -0.2) is 35.7 Å². The van der Waals surface area contributed by atoms with Gasteiger partial charge >= 0.3 is 0 Å². The van der Waals surface area contributed by atoms with Gasteiger partial charge in [-0.15, -0.1) is 0 Å². The van der Waals surface area contributed by atoms with Gasteiger partial charge in [-0.1, -0.05) is 19.3 Å². The third kappa shape index (κ3) is 2.94. The van der Waals surface area contributed by atoms with Crippen LogP contribution in [0.25, 0.3) is 0 Å². The van der Waals surface area contributed by atoms with Crippen molar-refractivity contribution >= 4 is 0 Å². The highest BCUT2D eigenvalue weighted by molar-refractivity contribution is 4.84. The van der Waals surface area contributed by atoms with Crippen molar-refractivity contribution < 1.29 is 5.11 Å². The number of rotatable bonds is 3. The molecule has 2 aliphatic carbocycles. The second-order valence-corrected chi connectivity index (χ2v) is 5.51. The molecule has 0 aromatic carbocycles. The zero-order valence-electron chi connectivity index (χ0n) is 9.99. The molecule has 2 atom stereocenters. The Hall–Kier alpha value is -0.0800. The van der Waals surface area contributed by atoms with Crippen LogP contribution in [-0.2, 0) is 0 Å². The number of nitrogens with zero attached hydrogens (tertiary/aromatic N) is 1. The van der Waals surface area contributed by atoms with Gasteiger partial charge in [0.15, 0.2) is 0 Å². The van der Waals surface area contributed by atoms with Crippen LogP contribution >= 0.6 is 0 Å². The lowest BCUT2D eigenvalue weighted by atomic mass is 9.88. The Balaban J connectivity index is 1.77. The summed E-state index contributed by atoms with van der Waals surface area (Å²) in [6.07, 6.45) is 10.5. The fraction of sp³-hybridized carbons (Fsp3) is 1.00. The Morgan fingerprint density at radius 1 is 1.00 bits per heavy atom. The van der Waals surface area contributed by atoms with Crippen LogP contribution in [0.3, 0.4) is 0 Å². The fourth-order valence-electron chi connectivity index (χ4n) is 3.35. The van der Waals surface area contributed by atoms with E-state index < -0.39 is 0 Å². The number of likely N-dealkylation sites (N-methyl/N-ethyl adjacent to an activating group) is 1. The minimum atomic E-state index is -0.0569. The molecule has 0 radical (unpaired) electrons. The Morgan fingerprint density at radius 3 is 2.33 bits per heavy atom. The number of aliphatic hydroxyl groups is 1. The fourth-order valence-corrected chi connectivity index (χ4v) is 3.35. The minimum absolute atomic E-state index is 0.0569. The smallest absolute Gasteiger partial charge is 0.0695 e. The lowest BCUT2D eigenvalue weighted by Crippen LogP contribution is -2.40. The van der Waals surface area contributed by atoms with E-state index in [1.807, 2.05) is 0 Å². The molecule has 0 saturated heterocycles. The van der Waals surface area contributed by atoms with Gasteiger partial charge in [-0.05, 0) is 45.1 Å². The summed E-state index contributed by atoms with van der Waals surface area (Å²) in [6.45, 7) is 1.21. The highest BCUT2D eigenvalue weighted by Gasteiger charge is 2.29. The average molecular weight is 211 g/mol. The maximum absolute atomic E-state index is 9.85. The number of hydrogen-bond acceptors (Lipinski definition) is 2. The summed E-state index contributed by atoms with van der Waals surface area (Å²) in [4.78, 5) is 2.42. The van der Waals surface area contributed by atoms with Gasteiger partial charge in [-0.3, -0.25) is 0 Å². The van der Waals surface area contributed by atoms with Gasteiger partial charge in [-0.2, -0.15) is 0 Å². The molecule has 2 fully saturated rings. The van der Waals surface area contributed by atoms with Crippen LogP contribution in [0.1, 0.15) is 51.4 Å². The number of hydrogen-bond donors (Lipinski definition) is 1. The molecule has 15 heavy (non-hydrogen) atoms. The quantitative estimate of drug-likeness (QED) is 0.775. The second-order valence-electron chi connectivity index (χ2n) is 5.51. The SMILES string of the molecule is CN(CC1CCCCC1)[C@H]1CCC[C@@H]1O. The molecule has 0 spiro atoms. The van der Waals surface area contributed by atoms with Crippen LogP contribution in [0.2, 0.25) is 0 Å². The average Bonchev–Trinajstić information content (AvgIpc) is 2.66. The van der Waals surface area contributed by atoms with Gasteiger partial charge in [0.25, 0.3) is 0 Å². The monoisotopic (exact) mass is 211 g/mol. The van der Waals surface area contributed by atoms with Crippen LogP contribution in [0.5, 0.6) is 0 Å². The summed E-state index contributed by atoms with van der Waals surface area (Å²) in [5.74, 6) is 0.900. The molecule has 0 unspecified atom stereocenters. The van der Waals surface area contributed by atoms with E-state index >= 15 is 0 Å². The molecule has 2 aliphatic rings. The molecule has 0 aliphatic heterocycles. The van der Waals surface area contributed by atoms with E-state index in [2.05, 4.69) is 11.9 Å². The van der Waals surface area contributed by atoms with Crippen molar-refractivity contribution in [3.8, 4) is 0 Å². The normalized spacial score (nSPS) is 33.8. The molecule has 88 valence electrons. The standard InChI is InChI=1S/C13H25NO/c1-14(12-8-5-9-13(12)15)10-11-6-3-2-4-7-11/h11-13,15H,2-10H2,1H3/t12-,13-/m0/s1. The first kappa shape index (κ1) is 11.4. The highest BCUT2D eigenvalue weighted by atomic mass is 16.3. The first-order valence-electron chi connectivity index (χ1n) is 6.65. The summed E-state index contributed by atoms with van der Waals surface area (Å²) in [7, 11) is 2.20. The highest BCUT2D eigenvalue weighted by Crippen LogP contribution is 2.28. The predicted octanol–water partition coefficient (Wildman–Crippen LogP) is 2.41. The van der Waals surface area contributed by atoms with Crippen LogP contribution < -0.4 is 0 Å². The molecule has 2 saturated carbocycles. The molecular weight excluding hydrogens is 186 g/mol. The Morgan fingerprint density at radius 2 is 1.73 bits per heavy atom. The van der Waals surface area contributed by atoms with Gasteiger partial charge in [0.05, 0.1) is 6.10 Å². The third-order valence-corrected chi connectivity index (χ3v) is 4.28. The van der Waals surface area contributed by atoms with Crippen molar-refractivity contribution in [2.45, 2.75) is 63.5 Å². The lowest BCUT2D eigenvalue weighted by Gasteiger charge is -2.32. The molecule has 2 nitrogen and oxygen atoms in total.